The molecule has 0 aliphatic carbocycles. The number of fused-ring (bicyclic) bond motifs is 4. The van der Waals surface area contributed by atoms with Crippen LogP contribution in [0.15, 0.2) is 18.2 Å². The summed E-state index contributed by atoms with van der Waals surface area (Å²) < 4.78 is 59.0. The molecule has 4 rings (SSSR count). The van der Waals surface area contributed by atoms with Gasteiger partial charge < -0.3 is 4.74 Å². The minimum atomic E-state index is -3.45. The summed E-state index contributed by atoms with van der Waals surface area (Å²) in [6.45, 7) is 6.68. The van der Waals surface area contributed by atoms with Crippen molar-refractivity contribution >= 4 is 20.0 Å². The highest BCUT2D eigenvalue weighted by molar-refractivity contribution is 7.89. The lowest BCUT2D eigenvalue weighted by Gasteiger charge is -2.51. The predicted octanol–water partition coefficient (Wildman–Crippen LogP) is 2.13. The fourth-order valence-corrected chi connectivity index (χ4v) is 8.05. The molecule has 0 saturated carbocycles. The highest BCUT2D eigenvalue weighted by Gasteiger charge is 2.45. The molecule has 8 nitrogen and oxygen atoms in total. The maximum Gasteiger partial charge on any atom is 0.214 e. The van der Waals surface area contributed by atoms with Gasteiger partial charge in [-0.25, -0.2) is 21.6 Å². The zero-order valence-electron chi connectivity index (χ0n) is 19.9. The van der Waals surface area contributed by atoms with Gasteiger partial charge in [0.1, 0.15) is 5.75 Å². The Bertz CT molecular complexity index is 1060. The Hall–Kier alpha value is -1.20. The van der Waals surface area contributed by atoms with Gasteiger partial charge in [-0.2, -0.15) is 4.31 Å². The summed E-state index contributed by atoms with van der Waals surface area (Å²) in [6, 6.07) is 6.60. The van der Waals surface area contributed by atoms with Gasteiger partial charge in [-0.1, -0.05) is 6.07 Å². The second-order valence-corrected chi connectivity index (χ2v) is 13.8. The van der Waals surface area contributed by atoms with Gasteiger partial charge in [0.2, 0.25) is 20.0 Å². The average molecular weight is 500 g/mol. The SMILES string of the molecule is CC(C)Oc1ccc2c(c1)CCN1C[C@H]3CCCN(S(=O)(=O)CCCNS(C)(=O)=O)[C@H]3C[C@@H]21. The zero-order valence-corrected chi connectivity index (χ0v) is 21.5. The summed E-state index contributed by atoms with van der Waals surface area (Å²) >= 11 is 0. The van der Waals surface area contributed by atoms with Gasteiger partial charge in [0.05, 0.1) is 18.1 Å². The Morgan fingerprint density at radius 1 is 1.18 bits per heavy atom. The Labute approximate surface area is 198 Å². The molecule has 3 aliphatic rings. The first-order valence-corrected chi connectivity index (χ1v) is 15.5. The molecule has 2 fully saturated rings. The van der Waals surface area contributed by atoms with E-state index < -0.39 is 20.0 Å². The third-order valence-electron chi connectivity index (χ3n) is 7.06. The second-order valence-electron chi connectivity index (χ2n) is 9.94. The molecule has 3 atom stereocenters. The minimum Gasteiger partial charge on any atom is -0.491 e. The molecular formula is C23H37N3O5S2. The maximum atomic E-state index is 13.2. The van der Waals surface area contributed by atoms with Crippen LogP contribution in [0.2, 0.25) is 0 Å². The molecule has 2 saturated heterocycles. The summed E-state index contributed by atoms with van der Waals surface area (Å²) in [4.78, 5) is 2.54. The first kappa shape index (κ1) is 24.9. The summed E-state index contributed by atoms with van der Waals surface area (Å²) in [5, 5.41) is 0. The number of hydrogen-bond acceptors (Lipinski definition) is 6. The van der Waals surface area contributed by atoms with Gasteiger partial charge in [0.15, 0.2) is 0 Å². The fourth-order valence-electron chi connectivity index (χ4n) is 5.71. The molecule has 10 heteroatoms. The number of nitrogens with one attached hydrogen (secondary N) is 1. The molecule has 33 heavy (non-hydrogen) atoms. The van der Waals surface area contributed by atoms with Crippen molar-refractivity contribution < 1.29 is 21.6 Å². The topological polar surface area (TPSA) is 96.0 Å². The van der Waals surface area contributed by atoms with Gasteiger partial charge in [-0.3, -0.25) is 4.90 Å². The number of nitrogens with zero attached hydrogens (tertiary/aromatic N) is 2. The molecule has 1 aromatic carbocycles. The lowest BCUT2D eigenvalue weighted by molar-refractivity contribution is 0.0219. The van der Waals surface area contributed by atoms with E-state index in [4.69, 9.17) is 4.74 Å². The quantitative estimate of drug-likeness (QED) is 0.551. The largest absolute Gasteiger partial charge is 0.491 e. The van der Waals surface area contributed by atoms with Crippen molar-refractivity contribution in [2.24, 2.45) is 5.92 Å². The zero-order chi connectivity index (χ0) is 23.8. The van der Waals surface area contributed by atoms with Crippen LogP contribution in [-0.4, -0.2) is 76.4 Å². The van der Waals surface area contributed by atoms with Gasteiger partial charge >= 0.3 is 0 Å². The van der Waals surface area contributed by atoms with Gasteiger partial charge in [-0.05, 0) is 75.1 Å². The van der Waals surface area contributed by atoms with E-state index in [2.05, 4.69) is 21.8 Å². The first-order chi connectivity index (χ1) is 15.5. The van der Waals surface area contributed by atoms with Crippen LogP contribution in [0.25, 0.3) is 0 Å². The Morgan fingerprint density at radius 3 is 2.70 bits per heavy atom. The van der Waals surface area contributed by atoms with E-state index in [9.17, 15) is 16.8 Å². The van der Waals surface area contributed by atoms with Gasteiger partial charge in [0, 0.05) is 38.3 Å². The van der Waals surface area contributed by atoms with Gasteiger partial charge in [0.25, 0.3) is 0 Å². The average Bonchev–Trinajstić information content (AvgIpc) is 2.73. The van der Waals surface area contributed by atoms with E-state index in [1.807, 2.05) is 19.9 Å². The molecule has 186 valence electrons. The molecule has 0 spiro atoms. The molecule has 1 aromatic rings. The summed E-state index contributed by atoms with van der Waals surface area (Å²) in [5.41, 5.74) is 2.61. The van der Waals surface area contributed by atoms with E-state index in [1.54, 1.807) is 4.31 Å². The standard InChI is InChI=1S/C23H37N3O5S2/c1-17(2)31-20-7-8-21-18(14-20)9-12-25-16-19-6-4-11-26(22(19)15-23(21)25)33(29,30)13-5-10-24-32(3,27)28/h7-8,14,17,19,22-24H,4-6,9-13,15-16H2,1-3H3/t19-,22+,23+/m1/s1. The smallest absolute Gasteiger partial charge is 0.214 e. The van der Waals surface area contributed by atoms with Crippen molar-refractivity contribution in [2.45, 2.75) is 64.1 Å². The molecule has 0 aromatic heterocycles. The number of rotatable bonds is 8. The van der Waals surface area contributed by atoms with Crippen molar-refractivity contribution in [3.8, 4) is 5.75 Å². The number of benzene rings is 1. The Kier molecular flexibility index (Phi) is 7.41. The summed E-state index contributed by atoms with van der Waals surface area (Å²) in [6.07, 6.45) is 5.24. The van der Waals surface area contributed by atoms with E-state index in [1.165, 1.54) is 11.1 Å². The monoisotopic (exact) mass is 499 g/mol. The summed E-state index contributed by atoms with van der Waals surface area (Å²) in [7, 11) is -6.76. The van der Waals surface area contributed by atoms with Crippen molar-refractivity contribution in [1.82, 2.24) is 13.9 Å². The van der Waals surface area contributed by atoms with Crippen molar-refractivity contribution in [1.29, 1.82) is 0 Å². The third kappa shape index (κ3) is 5.90. The minimum absolute atomic E-state index is 0.00501. The highest BCUT2D eigenvalue weighted by atomic mass is 32.2. The van der Waals surface area contributed by atoms with Crippen LogP contribution in [0.5, 0.6) is 5.75 Å². The van der Waals surface area contributed by atoms with E-state index in [0.29, 0.717) is 12.5 Å². The van der Waals surface area contributed by atoms with Crippen LogP contribution in [0.3, 0.4) is 0 Å². The maximum absolute atomic E-state index is 13.2. The summed E-state index contributed by atoms with van der Waals surface area (Å²) in [5.74, 6) is 1.22. The number of hydrogen-bond donors (Lipinski definition) is 1. The van der Waals surface area contributed by atoms with Crippen LogP contribution < -0.4 is 9.46 Å². The Balaban J connectivity index is 1.49. The lowest BCUT2D eigenvalue weighted by Crippen LogP contribution is -2.57. The van der Waals surface area contributed by atoms with Crippen LogP contribution in [0.4, 0.5) is 0 Å². The van der Waals surface area contributed by atoms with Crippen molar-refractivity contribution in [3.63, 3.8) is 0 Å². The number of ether oxygens (including phenoxy) is 1. The van der Waals surface area contributed by atoms with E-state index in [0.717, 1.165) is 50.8 Å². The molecule has 0 bridgehead atoms. The molecule has 3 heterocycles. The predicted molar refractivity (Wildman–Crippen MR) is 129 cm³/mol. The van der Waals surface area contributed by atoms with Crippen LogP contribution >= 0.6 is 0 Å². The van der Waals surface area contributed by atoms with Crippen LogP contribution in [-0.2, 0) is 26.5 Å². The molecule has 0 radical (unpaired) electrons. The normalized spacial score (nSPS) is 26.5. The molecular weight excluding hydrogens is 462 g/mol. The van der Waals surface area contributed by atoms with Crippen molar-refractivity contribution in [3.05, 3.63) is 29.3 Å². The fraction of sp³-hybridized carbons (Fsp3) is 0.739. The number of piperidine rings is 2. The molecule has 0 amide bonds. The third-order valence-corrected chi connectivity index (χ3v) is 9.76. The molecule has 1 N–H and O–H groups in total. The molecule has 0 unspecified atom stereocenters. The van der Waals surface area contributed by atoms with Crippen LogP contribution in [0, 0.1) is 5.92 Å². The first-order valence-electron chi connectivity index (χ1n) is 12.0. The second kappa shape index (κ2) is 9.81. The van der Waals surface area contributed by atoms with E-state index >= 15 is 0 Å². The van der Waals surface area contributed by atoms with E-state index in [-0.39, 0.29) is 36.9 Å². The lowest BCUT2D eigenvalue weighted by atomic mass is 9.77. The Morgan fingerprint density at radius 2 is 1.97 bits per heavy atom. The number of sulfonamides is 2. The highest BCUT2D eigenvalue weighted by Crippen LogP contribution is 2.44. The van der Waals surface area contributed by atoms with Crippen molar-refractivity contribution in [2.75, 3.05) is 38.2 Å². The molecule has 3 aliphatic heterocycles. The van der Waals surface area contributed by atoms with Gasteiger partial charge in [-0.15, -0.1) is 0 Å². The van der Waals surface area contributed by atoms with Crippen LogP contribution in [0.1, 0.15) is 56.7 Å².